The van der Waals surface area contributed by atoms with Gasteiger partial charge in [-0.05, 0) is 24.6 Å². The van der Waals surface area contributed by atoms with Crippen molar-refractivity contribution in [1.82, 2.24) is 5.32 Å². The number of ether oxygens (including phenoxy) is 1. The van der Waals surface area contributed by atoms with E-state index in [1.165, 1.54) is 38.1 Å². The average Bonchev–Trinajstić information content (AvgIpc) is 2.54. The Kier molecular flexibility index (Phi) is 7.35. The van der Waals surface area contributed by atoms with Crippen LogP contribution in [0.25, 0.3) is 0 Å². The first-order chi connectivity index (χ1) is 11.7. The van der Waals surface area contributed by atoms with Gasteiger partial charge in [0.2, 0.25) is 5.91 Å². The van der Waals surface area contributed by atoms with E-state index in [4.69, 9.17) is 0 Å². The molecule has 0 aliphatic carbocycles. The monoisotopic (exact) mass is 365 g/mol. The third kappa shape index (κ3) is 5.42. The number of quaternary nitrogens is 1. The number of rotatable bonds is 8. The Hall–Kier alpha value is -2.16. The molecule has 3 N–H and O–H groups in total. The lowest BCUT2D eigenvalue weighted by Gasteiger charge is -2.31. The fourth-order valence-electron chi connectivity index (χ4n) is 2.15. The number of hydrogen-bond acceptors (Lipinski definition) is 3. The van der Waals surface area contributed by atoms with Crippen LogP contribution in [-0.4, -0.2) is 36.9 Å². The lowest BCUT2D eigenvalue weighted by Crippen LogP contribution is -3.07. The Labute approximate surface area is 142 Å². The predicted octanol–water partition coefficient (Wildman–Crippen LogP) is 1.28. The average molecular weight is 365 g/mol. The number of benzene rings is 1. The van der Waals surface area contributed by atoms with Crippen molar-refractivity contribution < 1.29 is 37.2 Å². The number of halogens is 4. The Balaban J connectivity index is 3.00. The molecule has 0 fully saturated rings. The van der Waals surface area contributed by atoms with E-state index in [0.29, 0.717) is 10.9 Å². The van der Waals surface area contributed by atoms with Crippen molar-refractivity contribution >= 4 is 11.9 Å². The quantitative estimate of drug-likeness (QED) is 0.414. The molecule has 0 unspecified atom stereocenters. The van der Waals surface area contributed by atoms with Crippen molar-refractivity contribution in [3.63, 3.8) is 0 Å². The summed E-state index contributed by atoms with van der Waals surface area (Å²) >= 11 is 0. The summed E-state index contributed by atoms with van der Waals surface area (Å²) in [6.45, 7) is 2.32. The van der Waals surface area contributed by atoms with Gasteiger partial charge in [-0.2, -0.15) is 13.2 Å². The number of alkyl halides is 3. The molecule has 1 aromatic carbocycles. The van der Waals surface area contributed by atoms with Gasteiger partial charge in [-0.25, -0.2) is 9.18 Å². The molecule has 0 spiro atoms. The number of nitrogens with one attached hydrogen (secondary N) is 1. The normalized spacial score (nSPS) is 13.8. The van der Waals surface area contributed by atoms with E-state index in [1.54, 1.807) is 5.32 Å². The fraction of sp³-hybridized carbons (Fsp3) is 0.500. The summed E-state index contributed by atoms with van der Waals surface area (Å²) in [6.07, 6.45) is -5.14. The molecule has 0 aromatic heterocycles. The van der Waals surface area contributed by atoms with Crippen LogP contribution in [0.3, 0.4) is 0 Å². The van der Waals surface area contributed by atoms with Crippen molar-refractivity contribution in [2.75, 3.05) is 13.2 Å². The third-order valence-electron chi connectivity index (χ3n) is 3.50. The zero-order valence-corrected chi connectivity index (χ0v) is 14.0. The van der Waals surface area contributed by atoms with Gasteiger partial charge in [0, 0.05) is 12.8 Å². The highest BCUT2D eigenvalue weighted by atomic mass is 19.4. The van der Waals surface area contributed by atoms with Gasteiger partial charge < -0.3 is 10.1 Å². The van der Waals surface area contributed by atoms with Crippen molar-refractivity contribution in [3.8, 4) is 0 Å². The topological polar surface area (TPSA) is 72.0 Å². The summed E-state index contributed by atoms with van der Waals surface area (Å²) in [5.41, 5.74) is -2.62. The molecule has 0 bridgehead atoms. The van der Waals surface area contributed by atoms with Crippen LogP contribution in [0.2, 0.25) is 0 Å². The molecule has 0 aliphatic heterocycles. The van der Waals surface area contributed by atoms with Crippen LogP contribution < -0.4 is 10.6 Å². The van der Waals surface area contributed by atoms with Crippen molar-refractivity contribution in [2.45, 2.75) is 38.5 Å². The molecule has 1 atom stereocenters. The molecule has 1 rings (SSSR count). The number of nitrogens with two attached hydrogens (primary N) is 1. The molecule has 9 heteroatoms. The first-order valence-electron chi connectivity index (χ1n) is 7.80. The van der Waals surface area contributed by atoms with Gasteiger partial charge in [-0.1, -0.05) is 19.1 Å². The minimum atomic E-state index is -5.06. The predicted molar refractivity (Wildman–Crippen MR) is 80.7 cm³/mol. The summed E-state index contributed by atoms with van der Waals surface area (Å²) in [4.78, 5) is 23.6. The minimum absolute atomic E-state index is 0.138. The highest BCUT2D eigenvalue weighted by Gasteiger charge is 2.67. The lowest BCUT2D eigenvalue weighted by molar-refractivity contribution is -0.743. The van der Waals surface area contributed by atoms with Crippen LogP contribution in [0.5, 0.6) is 0 Å². The Morgan fingerprint density at radius 1 is 1.16 bits per heavy atom. The number of carbonyl (C=O) groups is 2. The molecule has 5 nitrogen and oxygen atoms in total. The number of carbonyl (C=O) groups excluding carboxylic acids is 2. The van der Waals surface area contributed by atoms with E-state index in [2.05, 4.69) is 4.74 Å². The third-order valence-corrected chi connectivity index (χ3v) is 3.50. The highest BCUT2D eigenvalue weighted by Crippen LogP contribution is 2.27. The fourth-order valence-corrected chi connectivity index (χ4v) is 2.15. The molecule has 0 radical (unpaired) electrons. The number of esters is 1. The van der Waals surface area contributed by atoms with Gasteiger partial charge in [0.15, 0.2) is 0 Å². The number of hydrogen-bond donors (Lipinski definition) is 2. The van der Waals surface area contributed by atoms with Gasteiger partial charge in [0.25, 0.3) is 0 Å². The van der Waals surface area contributed by atoms with Crippen LogP contribution in [0.1, 0.15) is 25.8 Å². The SMILES string of the molecule is CCOC(=O)[C@@](NC(=O)CC)([NH2+]CCc1ccc(F)cc1)C(F)(F)F. The van der Waals surface area contributed by atoms with Crippen LogP contribution in [0.4, 0.5) is 17.6 Å². The van der Waals surface area contributed by atoms with Crippen LogP contribution in [0.15, 0.2) is 24.3 Å². The maximum atomic E-state index is 13.6. The Bertz CT molecular complexity index is 590. The zero-order chi connectivity index (χ0) is 19.1. The van der Waals surface area contributed by atoms with Gasteiger partial charge in [0.05, 0.1) is 13.2 Å². The second-order valence-electron chi connectivity index (χ2n) is 5.30. The van der Waals surface area contributed by atoms with Crippen molar-refractivity contribution in [2.24, 2.45) is 0 Å². The molecule has 0 saturated heterocycles. The molecule has 140 valence electrons. The van der Waals surface area contributed by atoms with Gasteiger partial charge >= 0.3 is 17.8 Å². The maximum absolute atomic E-state index is 13.6. The van der Waals surface area contributed by atoms with Gasteiger partial charge in [-0.3, -0.25) is 10.1 Å². The molecular formula is C16H21F4N2O3+. The highest BCUT2D eigenvalue weighted by molar-refractivity contribution is 5.87. The molecule has 1 aromatic rings. The standard InChI is InChI=1S/C16H20F4N2O3/c1-3-13(23)22-15(16(18,19)20,14(24)25-4-2)21-10-9-11-5-7-12(17)8-6-11/h5-8,21H,3-4,9-10H2,1-2H3,(H,22,23)/p+1/t15-/m0/s1. The summed E-state index contributed by atoms with van der Waals surface area (Å²) < 4.78 is 58.3. The Morgan fingerprint density at radius 2 is 1.76 bits per heavy atom. The van der Waals surface area contributed by atoms with E-state index in [9.17, 15) is 27.2 Å². The van der Waals surface area contributed by atoms with E-state index in [1.807, 2.05) is 0 Å². The maximum Gasteiger partial charge on any atom is 0.478 e. The van der Waals surface area contributed by atoms with E-state index < -0.39 is 29.5 Å². The zero-order valence-electron chi connectivity index (χ0n) is 14.0. The molecule has 1 amide bonds. The van der Waals surface area contributed by atoms with E-state index >= 15 is 0 Å². The van der Waals surface area contributed by atoms with E-state index in [-0.39, 0.29) is 26.0 Å². The number of amides is 1. The molecular weight excluding hydrogens is 344 g/mol. The summed E-state index contributed by atoms with van der Waals surface area (Å²) in [5, 5.41) is 2.44. The first kappa shape index (κ1) is 20.9. The van der Waals surface area contributed by atoms with Crippen LogP contribution in [0, 0.1) is 5.82 Å². The second-order valence-corrected chi connectivity index (χ2v) is 5.30. The summed E-state index contributed by atoms with van der Waals surface area (Å²) in [7, 11) is 0. The second kappa shape index (κ2) is 8.80. The largest absolute Gasteiger partial charge is 0.478 e. The smallest absolute Gasteiger partial charge is 0.460 e. The molecule has 0 saturated carbocycles. The Morgan fingerprint density at radius 3 is 2.24 bits per heavy atom. The molecule has 0 aliphatic rings. The van der Waals surface area contributed by atoms with Crippen molar-refractivity contribution in [3.05, 3.63) is 35.6 Å². The first-order valence-corrected chi connectivity index (χ1v) is 7.80. The summed E-state index contributed by atoms with van der Waals surface area (Å²) in [6, 6.07) is 5.26. The molecule has 0 heterocycles. The summed E-state index contributed by atoms with van der Waals surface area (Å²) in [5.74, 6) is -2.97. The van der Waals surface area contributed by atoms with Gasteiger partial charge in [0.1, 0.15) is 5.82 Å². The van der Waals surface area contributed by atoms with Crippen molar-refractivity contribution in [1.29, 1.82) is 0 Å². The van der Waals surface area contributed by atoms with Gasteiger partial charge in [-0.15, -0.1) is 0 Å². The lowest BCUT2D eigenvalue weighted by atomic mass is 10.1. The van der Waals surface area contributed by atoms with Crippen LogP contribution in [-0.2, 0) is 20.7 Å². The van der Waals surface area contributed by atoms with Crippen LogP contribution >= 0.6 is 0 Å². The minimum Gasteiger partial charge on any atom is -0.460 e. The molecule has 25 heavy (non-hydrogen) atoms. The van der Waals surface area contributed by atoms with E-state index in [0.717, 1.165) is 0 Å².